The van der Waals surface area contributed by atoms with Gasteiger partial charge in [0.25, 0.3) is 0 Å². The average Bonchev–Trinajstić information content (AvgIpc) is 2.62. The molecule has 5 atom stereocenters. The highest BCUT2D eigenvalue weighted by molar-refractivity contribution is 5.89. The van der Waals surface area contributed by atoms with Crippen molar-refractivity contribution in [1.29, 1.82) is 0 Å². The molecule has 9 nitrogen and oxygen atoms in total. The van der Waals surface area contributed by atoms with Crippen molar-refractivity contribution in [2.45, 2.75) is 51.5 Å². The van der Waals surface area contributed by atoms with E-state index < -0.39 is 42.7 Å². The molecule has 1 aliphatic rings. The molecule has 0 unspecified atom stereocenters. The molecule has 0 radical (unpaired) electrons. The number of benzene rings is 1. The van der Waals surface area contributed by atoms with Crippen LogP contribution in [0.3, 0.4) is 0 Å². The Morgan fingerprint density at radius 1 is 1.07 bits per heavy atom. The third kappa shape index (κ3) is 3.17. The average molecular weight is 382 g/mol. The highest BCUT2D eigenvalue weighted by atomic mass is 16.7. The highest BCUT2D eigenvalue weighted by Gasteiger charge is 2.45. The smallest absolute Gasteiger partial charge is 0.229 e. The minimum Gasteiger partial charge on any atom is -0.507 e. The van der Waals surface area contributed by atoms with E-state index in [1.165, 1.54) is 13.0 Å². The zero-order valence-electron chi connectivity index (χ0n) is 15.0. The normalized spacial score (nSPS) is 28.5. The number of rotatable bonds is 3. The second kappa shape index (κ2) is 7.10. The fourth-order valence-electron chi connectivity index (χ4n) is 3.24. The first-order valence-electron chi connectivity index (χ1n) is 8.41. The van der Waals surface area contributed by atoms with Gasteiger partial charge in [0.1, 0.15) is 52.6 Å². The zero-order valence-corrected chi connectivity index (χ0v) is 15.0. The Morgan fingerprint density at radius 2 is 1.74 bits per heavy atom. The van der Waals surface area contributed by atoms with Gasteiger partial charge >= 0.3 is 0 Å². The van der Waals surface area contributed by atoms with Gasteiger partial charge in [0, 0.05) is 17.2 Å². The van der Waals surface area contributed by atoms with Gasteiger partial charge in [0.2, 0.25) is 6.29 Å². The lowest BCUT2D eigenvalue weighted by molar-refractivity contribution is -0.277. The largest absolute Gasteiger partial charge is 0.507 e. The maximum atomic E-state index is 12.2. The number of aromatic hydroxyl groups is 1. The van der Waals surface area contributed by atoms with Crippen LogP contribution in [-0.4, -0.2) is 62.8 Å². The van der Waals surface area contributed by atoms with Crippen molar-refractivity contribution in [2.24, 2.45) is 0 Å². The van der Waals surface area contributed by atoms with Crippen molar-refractivity contribution in [1.82, 2.24) is 0 Å². The summed E-state index contributed by atoms with van der Waals surface area (Å²) in [6.45, 7) is 4.12. The number of hydrogen-bond acceptors (Lipinski definition) is 9. The first-order chi connectivity index (χ1) is 12.7. The van der Waals surface area contributed by atoms with Gasteiger partial charge in [-0.2, -0.15) is 0 Å². The third-order valence-electron chi connectivity index (χ3n) is 4.77. The monoisotopic (exact) mass is 382 g/mol. The molecule has 1 aliphatic heterocycles. The molecule has 0 spiro atoms. The van der Waals surface area contributed by atoms with Gasteiger partial charge in [0.15, 0.2) is 5.43 Å². The Balaban J connectivity index is 2.08. The maximum Gasteiger partial charge on any atom is 0.229 e. The van der Waals surface area contributed by atoms with Crippen molar-refractivity contribution >= 4 is 11.0 Å². The van der Waals surface area contributed by atoms with Gasteiger partial charge in [-0.05, 0) is 20.8 Å². The third-order valence-corrected chi connectivity index (χ3v) is 4.77. The van der Waals surface area contributed by atoms with E-state index in [0.717, 1.165) is 0 Å². The Kier molecular flexibility index (Phi) is 5.15. The van der Waals surface area contributed by atoms with E-state index in [0.29, 0.717) is 11.3 Å². The van der Waals surface area contributed by atoms with Crippen LogP contribution in [0.1, 0.15) is 16.9 Å². The Morgan fingerprint density at radius 3 is 2.37 bits per heavy atom. The zero-order chi connectivity index (χ0) is 20.0. The highest BCUT2D eigenvalue weighted by Crippen LogP contribution is 2.39. The summed E-state index contributed by atoms with van der Waals surface area (Å²) in [6.07, 6.45) is -7.29. The summed E-state index contributed by atoms with van der Waals surface area (Å²) in [4.78, 5) is 12.2. The van der Waals surface area contributed by atoms with E-state index in [1.54, 1.807) is 13.8 Å². The van der Waals surface area contributed by atoms with Crippen LogP contribution in [-0.2, 0) is 4.74 Å². The molecule has 2 aromatic rings. The van der Waals surface area contributed by atoms with Crippen LogP contribution in [0, 0.1) is 20.8 Å². The number of ether oxygens (including phenoxy) is 2. The summed E-state index contributed by atoms with van der Waals surface area (Å²) < 4.78 is 16.6. The number of phenols is 1. The molecule has 1 fully saturated rings. The lowest BCUT2D eigenvalue weighted by Crippen LogP contribution is -2.60. The van der Waals surface area contributed by atoms with Gasteiger partial charge in [-0.15, -0.1) is 0 Å². The summed E-state index contributed by atoms with van der Waals surface area (Å²) in [6, 6.07) is 1.26. The SMILES string of the molecule is Cc1cc(=O)c2c(O)c(C)c(O[C@H]3O[C@@H](CO)[C@H](O)[C@@H](O)[C@@H]3O)c(C)c2o1. The lowest BCUT2D eigenvalue weighted by Gasteiger charge is -2.39. The molecular formula is C18H22O9. The van der Waals surface area contributed by atoms with Crippen LogP contribution in [0.15, 0.2) is 15.3 Å². The molecule has 3 rings (SSSR count). The molecule has 0 aliphatic carbocycles. The molecule has 1 aromatic heterocycles. The molecule has 1 aromatic carbocycles. The van der Waals surface area contributed by atoms with Gasteiger partial charge in [-0.1, -0.05) is 0 Å². The number of aliphatic hydroxyl groups excluding tert-OH is 4. The van der Waals surface area contributed by atoms with E-state index >= 15 is 0 Å². The van der Waals surface area contributed by atoms with E-state index in [4.69, 9.17) is 13.9 Å². The van der Waals surface area contributed by atoms with Gasteiger partial charge in [0.05, 0.1) is 6.61 Å². The Labute approximate surface area is 154 Å². The second-order valence-electron chi connectivity index (χ2n) is 6.67. The number of fused-ring (bicyclic) bond motifs is 1. The molecule has 27 heavy (non-hydrogen) atoms. The summed E-state index contributed by atoms with van der Waals surface area (Å²) in [5.41, 5.74) is 0.325. The molecule has 5 N–H and O–H groups in total. The van der Waals surface area contributed by atoms with Crippen molar-refractivity contribution < 1.29 is 39.4 Å². The predicted molar refractivity (Wildman–Crippen MR) is 92.8 cm³/mol. The summed E-state index contributed by atoms with van der Waals surface area (Å²) in [7, 11) is 0. The number of phenolic OH excluding ortho intramolecular Hbond substituents is 1. The van der Waals surface area contributed by atoms with E-state index in [9.17, 15) is 30.3 Å². The first kappa shape index (κ1) is 19.6. The number of aryl methyl sites for hydroxylation is 2. The summed E-state index contributed by atoms with van der Waals surface area (Å²) in [5.74, 6) is 0.111. The van der Waals surface area contributed by atoms with Crippen molar-refractivity contribution in [2.75, 3.05) is 6.61 Å². The molecule has 0 bridgehead atoms. The Bertz CT molecular complexity index is 917. The van der Waals surface area contributed by atoms with Crippen molar-refractivity contribution in [3.05, 3.63) is 33.2 Å². The second-order valence-corrected chi connectivity index (χ2v) is 6.67. The molecule has 148 valence electrons. The molecule has 2 heterocycles. The Hall–Kier alpha value is -2.17. The standard InChI is InChI=1S/C18H22O9/c1-6-4-9(20)11-12(21)7(2)16(8(3)17(11)25-6)27-18-15(24)14(23)13(22)10(5-19)26-18/h4,10,13-15,18-19,21-24H,5H2,1-3H3/t10-,13-,14+,15-,18+/m0/s1. The van der Waals surface area contributed by atoms with E-state index in [2.05, 4.69) is 0 Å². The minimum absolute atomic E-state index is 0.0109. The topological polar surface area (TPSA) is 150 Å². The molecule has 0 amide bonds. The van der Waals surface area contributed by atoms with Crippen LogP contribution >= 0.6 is 0 Å². The predicted octanol–water partition coefficient (Wildman–Crippen LogP) is -0.397. The maximum absolute atomic E-state index is 12.2. The van der Waals surface area contributed by atoms with Crippen LogP contribution in [0.5, 0.6) is 11.5 Å². The van der Waals surface area contributed by atoms with Crippen molar-refractivity contribution in [3.8, 4) is 11.5 Å². The molecule has 1 saturated heterocycles. The van der Waals surface area contributed by atoms with Crippen molar-refractivity contribution in [3.63, 3.8) is 0 Å². The molecular weight excluding hydrogens is 360 g/mol. The summed E-state index contributed by atoms with van der Waals surface area (Å²) in [5, 5.41) is 49.7. The fraction of sp³-hybridized carbons (Fsp3) is 0.500. The molecule has 9 heteroatoms. The first-order valence-corrected chi connectivity index (χ1v) is 8.41. The van der Waals surface area contributed by atoms with E-state index in [-0.39, 0.29) is 28.0 Å². The lowest BCUT2D eigenvalue weighted by atomic mass is 9.99. The quantitative estimate of drug-likeness (QED) is 0.478. The van der Waals surface area contributed by atoms with Crippen LogP contribution in [0.2, 0.25) is 0 Å². The van der Waals surface area contributed by atoms with Crippen LogP contribution in [0.25, 0.3) is 11.0 Å². The van der Waals surface area contributed by atoms with Crippen LogP contribution < -0.4 is 10.2 Å². The fourth-order valence-corrected chi connectivity index (χ4v) is 3.24. The molecule has 0 saturated carbocycles. The van der Waals surface area contributed by atoms with Gasteiger partial charge in [-0.3, -0.25) is 4.79 Å². The number of aliphatic hydroxyl groups is 4. The van der Waals surface area contributed by atoms with Crippen LogP contribution in [0.4, 0.5) is 0 Å². The van der Waals surface area contributed by atoms with E-state index in [1.807, 2.05) is 0 Å². The number of hydrogen-bond donors (Lipinski definition) is 5. The summed E-state index contributed by atoms with van der Waals surface area (Å²) >= 11 is 0. The van der Waals surface area contributed by atoms with Gasteiger partial charge < -0.3 is 39.4 Å². The minimum atomic E-state index is -1.61. The van der Waals surface area contributed by atoms with Gasteiger partial charge in [-0.25, -0.2) is 0 Å².